The van der Waals surface area contributed by atoms with Gasteiger partial charge in [-0.15, -0.1) is 0 Å². The first-order chi connectivity index (χ1) is 17.3. The summed E-state index contributed by atoms with van der Waals surface area (Å²) < 4.78 is 0. The van der Waals surface area contributed by atoms with Gasteiger partial charge in [0.2, 0.25) is 0 Å². The first kappa shape index (κ1) is 18.2. The van der Waals surface area contributed by atoms with Crippen molar-refractivity contribution in [1.29, 1.82) is 0 Å². The van der Waals surface area contributed by atoms with Crippen molar-refractivity contribution < 1.29 is 0 Å². The van der Waals surface area contributed by atoms with Crippen LogP contribution in [0.5, 0.6) is 0 Å². The number of anilines is 3. The van der Waals surface area contributed by atoms with Gasteiger partial charge in [0.25, 0.3) is 0 Å². The number of hydrogen-bond donors (Lipinski definition) is 0. The molecule has 0 bridgehead atoms. The molecule has 2 aliphatic heterocycles. The normalized spacial score (nSPS) is 14.9. The van der Waals surface area contributed by atoms with Crippen LogP contribution in [0, 0.1) is 0 Å². The molecule has 5 aromatic rings. The lowest BCUT2D eigenvalue weighted by Gasteiger charge is -2.40. The summed E-state index contributed by atoms with van der Waals surface area (Å²) in [6.07, 6.45) is 8.04. The van der Waals surface area contributed by atoms with Crippen molar-refractivity contribution >= 4 is 17.1 Å². The standard InChI is InChI=1S/C33H22N2/c1-3-7-24-19(5-1)13-22-9-10-25-26-16-23-14-21-11-12-34-18-31(21)35-30-8-4-2-6-20(30)15-29(33(23)35)27(26)17-28(25)32(22)24/h1-12,16,18H,13-15,17H2. The highest BCUT2D eigenvalue weighted by molar-refractivity contribution is 5.96. The van der Waals surface area contributed by atoms with Gasteiger partial charge < -0.3 is 4.90 Å². The van der Waals surface area contributed by atoms with Gasteiger partial charge in [-0.2, -0.15) is 0 Å². The van der Waals surface area contributed by atoms with Gasteiger partial charge in [0.1, 0.15) is 0 Å². The largest absolute Gasteiger partial charge is 0.308 e. The fourth-order valence-corrected chi connectivity index (χ4v) is 7.20. The molecule has 4 aliphatic rings. The Kier molecular flexibility index (Phi) is 3.27. The fourth-order valence-electron chi connectivity index (χ4n) is 7.20. The number of benzene rings is 4. The maximum atomic E-state index is 4.52. The van der Waals surface area contributed by atoms with Crippen LogP contribution < -0.4 is 4.90 Å². The summed E-state index contributed by atoms with van der Waals surface area (Å²) in [5.41, 5.74) is 21.5. The van der Waals surface area contributed by atoms with Crippen LogP contribution in [0.3, 0.4) is 0 Å². The second-order valence-electron chi connectivity index (χ2n) is 10.3. The number of aromatic nitrogens is 1. The first-order valence-electron chi connectivity index (χ1n) is 12.6. The van der Waals surface area contributed by atoms with E-state index in [0.717, 1.165) is 25.7 Å². The van der Waals surface area contributed by atoms with E-state index in [2.05, 4.69) is 88.9 Å². The summed E-state index contributed by atoms with van der Waals surface area (Å²) >= 11 is 0. The smallest absolute Gasteiger partial charge is 0.0680 e. The average Bonchev–Trinajstić information content (AvgIpc) is 3.46. The molecule has 0 radical (unpaired) electrons. The maximum absolute atomic E-state index is 4.52. The highest BCUT2D eigenvalue weighted by atomic mass is 15.2. The van der Waals surface area contributed by atoms with E-state index in [-0.39, 0.29) is 0 Å². The van der Waals surface area contributed by atoms with Crippen LogP contribution >= 0.6 is 0 Å². The zero-order valence-corrected chi connectivity index (χ0v) is 19.3. The lowest BCUT2D eigenvalue weighted by molar-refractivity contribution is 0.986. The molecule has 0 saturated heterocycles. The lowest BCUT2D eigenvalue weighted by Crippen LogP contribution is -2.25. The lowest BCUT2D eigenvalue weighted by atomic mass is 9.83. The van der Waals surface area contributed by atoms with E-state index in [4.69, 9.17) is 0 Å². The van der Waals surface area contributed by atoms with Crippen LogP contribution in [0.1, 0.15) is 44.5 Å². The Morgan fingerprint density at radius 1 is 0.543 bits per heavy atom. The third-order valence-electron chi connectivity index (χ3n) is 8.64. The fraction of sp³-hybridized carbons (Fsp3) is 0.121. The van der Waals surface area contributed by atoms with E-state index in [1.807, 2.05) is 6.20 Å². The van der Waals surface area contributed by atoms with E-state index in [9.17, 15) is 0 Å². The average molecular weight is 447 g/mol. The van der Waals surface area contributed by atoms with Crippen molar-refractivity contribution in [3.05, 3.63) is 130 Å². The van der Waals surface area contributed by atoms with Gasteiger partial charge in [0, 0.05) is 24.7 Å². The zero-order chi connectivity index (χ0) is 22.7. The molecule has 2 nitrogen and oxygen atoms in total. The molecule has 0 saturated carbocycles. The van der Waals surface area contributed by atoms with Crippen LogP contribution in [-0.4, -0.2) is 4.98 Å². The Labute approximate surface area is 204 Å². The predicted molar refractivity (Wildman–Crippen MR) is 141 cm³/mol. The van der Waals surface area contributed by atoms with Crippen molar-refractivity contribution in [1.82, 2.24) is 4.98 Å². The number of pyridine rings is 1. The summed E-state index contributed by atoms with van der Waals surface area (Å²) in [4.78, 5) is 7.02. The van der Waals surface area contributed by atoms with Gasteiger partial charge in [0.05, 0.1) is 17.6 Å². The highest BCUT2D eigenvalue weighted by Crippen LogP contribution is 2.56. The summed E-state index contributed by atoms with van der Waals surface area (Å²) in [6, 6.07) is 27.4. The second-order valence-corrected chi connectivity index (χ2v) is 10.3. The molecule has 3 heterocycles. The van der Waals surface area contributed by atoms with E-state index in [0.29, 0.717) is 0 Å². The molecule has 9 rings (SSSR count). The van der Waals surface area contributed by atoms with Crippen LogP contribution in [-0.2, 0) is 25.7 Å². The zero-order valence-electron chi connectivity index (χ0n) is 19.3. The molecular formula is C33H22N2. The monoisotopic (exact) mass is 446 g/mol. The second kappa shape index (κ2) is 6.28. The number of nitrogens with zero attached hydrogens (tertiary/aromatic N) is 2. The topological polar surface area (TPSA) is 16.1 Å². The van der Waals surface area contributed by atoms with Gasteiger partial charge in [0.15, 0.2) is 0 Å². The molecule has 164 valence electrons. The highest BCUT2D eigenvalue weighted by Gasteiger charge is 2.37. The minimum Gasteiger partial charge on any atom is -0.308 e. The molecule has 0 atom stereocenters. The van der Waals surface area contributed by atoms with Crippen LogP contribution in [0.25, 0.3) is 22.3 Å². The van der Waals surface area contributed by atoms with Gasteiger partial charge in [-0.05, 0) is 97.8 Å². The molecule has 0 amide bonds. The van der Waals surface area contributed by atoms with Crippen LogP contribution in [0.4, 0.5) is 17.1 Å². The van der Waals surface area contributed by atoms with Gasteiger partial charge in [-0.3, -0.25) is 4.98 Å². The Bertz CT molecular complexity index is 1750. The molecular weight excluding hydrogens is 424 g/mol. The molecule has 4 aromatic carbocycles. The van der Waals surface area contributed by atoms with E-state index in [1.54, 1.807) is 0 Å². The van der Waals surface area contributed by atoms with Crippen molar-refractivity contribution in [2.75, 3.05) is 4.90 Å². The molecule has 2 aliphatic carbocycles. The summed E-state index contributed by atoms with van der Waals surface area (Å²) in [5, 5.41) is 0. The molecule has 0 N–H and O–H groups in total. The van der Waals surface area contributed by atoms with Gasteiger partial charge in [-0.25, -0.2) is 0 Å². The third-order valence-corrected chi connectivity index (χ3v) is 8.64. The Morgan fingerprint density at radius 3 is 2.34 bits per heavy atom. The summed E-state index contributed by atoms with van der Waals surface area (Å²) in [7, 11) is 0. The molecule has 0 spiro atoms. The van der Waals surface area contributed by atoms with Crippen molar-refractivity contribution in [3.63, 3.8) is 0 Å². The summed E-state index contributed by atoms with van der Waals surface area (Å²) in [6.45, 7) is 0. The number of rotatable bonds is 0. The van der Waals surface area contributed by atoms with E-state index >= 15 is 0 Å². The van der Waals surface area contributed by atoms with Crippen LogP contribution in [0.15, 0.2) is 85.2 Å². The molecule has 35 heavy (non-hydrogen) atoms. The maximum Gasteiger partial charge on any atom is 0.0680 e. The molecule has 0 fully saturated rings. The molecule has 1 aromatic heterocycles. The molecule has 2 heteroatoms. The van der Waals surface area contributed by atoms with Crippen LogP contribution in [0.2, 0.25) is 0 Å². The van der Waals surface area contributed by atoms with Crippen molar-refractivity contribution in [2.24, 2.45) is 0 Å². The SMILES string of the molecule is c1ccc2c(c1)Cc1ccc3c(c1-2)Cc1c-3cc2c3c1Cc1ccccc1N3c1cnccc1C2. The first-order valence-corrected chi connectivity index (χ1v) is 12.6. The Hall–Kier alpha value is -4.17. The Balaban J connectivity index is 1.32. The third kappa shape index (κ3) is 2.23. The van der Waals surface area contributed by atoms with Gasteiger partial charge >= 0.3 is 0 Å². The Morgan fingerprint density at radius 2 is 1.37 bits per heavy atom. The number of para-hydroxylation sites is 1. The van der Waals surface area contributed by atoms with E-state index < -0.39 is 0 Å². The quantitative estimate of drug-likeness (QED) is 0.240. The van der Waals surface area contributed by atoms with Crippen molar-refractivity contribution in [2.45, 2.75) is 25.7 Å². The molecule has 0 unspecified atom stereocenters. The predicted octanol–water partition coefficient (Wildman–Crippen LogP) is 7.50. The van der Waals surface area contributed by atoms with Gasteiger partial charge in [-0.1, -0.05) is 54.6 Å². The summed E-state index contributed by atoms with van der Waals surface area (Å²) in [5.74, 6) is 0. The minimum atomic E-state index is 0.968. The number of fused-ring (bicyclic) bond motifs is 12. The van der Waals surface area contributed by atoms with Crippen molar-refractivity contribution in [3.8, 4) is 22.3 Å². The van der Waals surface area contributed by atoms with E-state index in [1.165, 1.54) is 83.8 Å². The number of hydrogen-bond acceptors (Lipinski definition) is 2. The minimum absolute atomic E-state index is 0.968.